The van der Waals surface area contributed by atoms with Gasteiger partial charge in [-0.15, -0.1) is 0 Å². The molecule has 3 rings (SSSR count). The number of hydrogen-bond acceptors (Lipinski definition) is 4. The predicted octanol–water partition coefficient (Wildman–Crippen LogP) is 4.03. The molecule has 1 heterocycles. The molecule has 4 heteroatoms. The van der Waals surface area contributed by atoms with Crippen LogP contribution in [0.4, 0.5) is 0 Å². The molecule has 4 nitrogen and oxygen atoms in total. The van der Waals surface area contributed by atoms with E-state index >= 15 is 0 Å². The fourth-order valence-corrected chi connectivity index (χ4v) is 2.41. The topological polar surface area (TPSA) is 48.7 Å². The van der Waals surface area contributed by atoms with E-state index in [-0.39, 0.29) is 5.43 Å². The minimum absolute atomic E-state index is 0.106. The van der Waals surface area contributed by atoms with Gasteiger partial charge >= 0.3 is 0 Å². The maximum atomic E-state index is 12.7. The van der Waals surface area contributed by atoms with Crippen molar-refractivity contribution in [2.24, 2.45) is 0 Å². The number of hydrogen-bond donors (Lipinski definition) is 0. The molecule has 1 aromatic heterocycles. The zero-order valence-corrected chi connectivity index (χ0v) is 12.7. The van der Waals surface area contributed by atoms with Crippen molar-refractivity contribution in [3.05, 3.63) is 71.6 Å². The van der Waals surface area contributed by atoms with E-state index in [0.29, 0.717) is 40.2 Å². The molecule has 0 saturated heterocycles. The largest absolute Gasteiger partial charge is 0.496 e. The average Bonchev–Trinajstić information content (AvgIpc) is 2.60. The zero-order chi connectivity index (χ0) is 16.2. The molecule has 0 radical (unpaired) electrons. The van der Waals surface area contributed by atoms with Gasteiger partial charge in [0.1, 0.15) is 30.0 Å². The second kappa shape index (κ2) is 6.40. The second-order valence-electron chi connectivity index (χ2n) is 4.94. The highest BCUT2D eigenvalue weighted by Gasteiger charge is 2.13. The maximum Gasteiger partial charge on any atom is 0.200 e. The van der Waals surface area contributed by atoms with Crippen LogP contribution in [-0.4, -0.2) is 13.7 Å². The Bertz CT molecular complexity index is 909. The minimum Gasteiger partial charge on any atom is -0.496 e. The van der Waals surface area contributed by atoms with Crippen LogP contribution in [0.15, 0.2) is 70.6 Å². The molecule has 0 atom stereocenters. The monoisotopic (exact) mass is 308 g/mol. The van der Waals surface area contributed by atoms with Crippen molar-refractivity contribution in [1.82, 2.24) is 0 Å². The predicted molar refractivity (Wildman–Crippen MR) is 90.2 cm³/mol. The molecule has 0 unspecified atom stereocenters. The quantitative estimate of drug-likeness (QED) is 0.668. The van der Waals surface area contributed by atoms with Gasteiger partial charge in [0, 0.05) is 11.6 Å². The van der Waals surface area contributed by atoms with Crippen molar-refractivity contribution in [1.29, 1.82) is 0 Å². The fourth-order valence-electron chi connectivity index (χ4n) is 2.41. The van der Waals surface area contributed by atoms with E-state index in [1.165, 1.54) is 6.26 Å². The summed E-state index contributed by atoms with van der Waals surface area (Å²) in [4.78, 5) is 12.7. The molecule has 0 aliphatic rings. The third kappa shape index (κ3) is 2.83. The van der Waals surface area contributed by atoms with Gasteiger partial charge in [0.25, 0.3) is 0 Å². The number of fused-ring (bicyclic) bond motifs is 1. The molecule has 0 bridgehead atoms. The molecular weight excluding hydrogens is 292 g/mol. The molecule has 2 aromatic carbocycles. The Morgan fingerprint density at radius 3 is 2.78 bits per heavy atom. The Morgan fingerprint density at radius 2 is 2.00 bits per heavy atom. The number of methoxy groups -OCH3 is 1. The van der Waals surface area contributed by atoms with E-state index in [1.807, 2.05) is 24.3 Å². The van der Waals surface area contributed by atoms with Gasteiger partial charge in [-0.3, -0.25) is 4.79 Å². The van der Waals surface area contributed by atoms with Crippen LogP contribution in [0.3, 0.4) is 0 Å². The lowest BCUT2D eigenvalue weighted by molar-refractivity contribution is 0.363. The Balaban J connectivity index is 2.12. The first-order valence-corrected chi connectivity index (χ1v) is 7.17. The van der Waals surface area contributed by atoms with Crippen LogP contribution in [0.1, 0.15) is 0 Å². The number of rotatable bonds is 5. The van der Waals surface area contributed by atoms with Gasteiger partial charge in [0.05, 0.1) is 18.1 Å². The van der Waals surface area contributed by atoms with Crippen LogP contribution in [0.5, 0.6) is 11.5 Å². The molecular formula is C19H16O4. The standard InChI is InChI=1S/C19H16O4/c1-3-10-22-13-8-9-15-18(11-13)23-12-16(19(15)20)14-6-4-5-7-17(14)21-2/h3-9,11-12H,1,10H2,2H3. The third-order valence-corrected chi connectivity index (χ3v) is 3.51. The van der Waals surface area contributed by atoms with Gasteiger partial charge in [-0.25, -0.2) is 0 Å². The summed E-state index contributed by atoms with van der Waals surface area (Å²) in [6.07, 6.45) is 3.12. The summed E-state index contributed by atoms with van der Waals surface area (Å²) in [6, 6.07) is 12.5. The van der Waals surface area contributed by atoms with Gasteiger partial charge in [-0.2, -0.15) is 0 Å². The Labute approximate surface area is 133 Å². The van der Waals surface area contributed by atoms with E-state index in [4.69, 9.17) is 13.9 Å². The lowest BCUT2D eigenvalue weighted by Gasteiger charge is -2.08. The van der Waals surface area contributed by atoms with Crippen LogP contribution in [0, 0.1) is 0 Å². The van der Waals surface area contributed by atoms with Gasteiger partial charge in [-0.1, -0.05) is 30.9 Å². The molecule has 0 saturated carbocycles. The highest BCUT2D eigenvalue weighted by atomic mass is 16.5. The Morgan fingerprint density at radius 1 is 1.17 bits per heavy atom. The average molecular weight is 308 g/mol. The number of ether oxygens (including phenoxy) is 2. The Hall–Kier alpha value is -3.01. The van der Waals surface area contributed by atoms with Crippen molar-refractivity contribution in [3.63, 3.8) is 0 Å². The van der Waals surface area contributed by atoms with Crippen LogP contribution < -0.4 is 14.9 Å². The molecule has 0 amide bonds. The van der Waals surface area contributed by atoms with Crippen LogP contribution in [0.25, 0.3) is 22.1 Å². The molecule has 0 fully saturated rings. The van der Waals surface area contributed by atoms with E-state index in [9.17, 15) is 4.79 Å². The molecule has 0 spiro atoms. The molecule has 0 N–H and O–H groups in total. The molecule has 0 aliphatic heterocycles. The van der Waals surface area contributed by atoms with Gasteiger partial charge in [-0.05, 0) is 18.2 Å². The lowest BCUT2D eigenvalue weighted by atomic mass is 10.0. The number of benzene rings is 2. The summed E-state index contributed by atoms with van der Waals surface area (Å²) in [5, 5.41) is 0.499. The summed E-state index contributed by atoms with van der Waals surface area (Å²) in [5.74, 6) is 1.26. The summed E-state index contributed by atoms with van der Waals surface area (Å²) < 4.78 is 16.4. The first-order chi connectivity index (χ1) is 11.2. The van der Waals surface area contributed by atoms with Crippen molar-refractivity contribution < 1.29 is 13.9 Å². The summed E-state index contributed by atoms with van der Waals surface area (Å²) in [7, 11) is 1.57. The fraction of sp³-hybridized carbons (Fsp3) is 0.105. The van der Waals surface area contributed by atoms with Gasteiger partial charge in [0.15, 0.2) is 0 Å². The smallest absolute Gasteiger partial charge is 0.200 e. The summed E-state index contributed by atoms with van der Waals surface area (Å²) in [6.45, 7) is 4.00. The minimum atomic E-state index is -0.106. The van der Waals surface area contributed by atoms with Crippen molar-refractivity contribution in [2.45, 2.75) is 0 Å². The van der Waals surface area contributed by atoms with Gasteiger partial charge in [0.2, 0.25) is 5.43 Å². The van der Waals surface area contributed by atoms with E-state index in [1.54, 1.807) is 31.4 Å². The molecule has 23 heavy (non-hydrogen) atoms. The van der Waals surface area contributed by atoms with Crippen LogP contribution in [0.2, 0.25) is 0 Å². The molecule has 3 aromatic rings. The van der Waals surface area contributed by atoms with Crippen LogP contribution >= 0.6 is 0 Å². The highest BCUT2D eigenvalue weighted by molar-refractivity contribution is 5.83. The Kier molecular flexibility index (Phi) is 4.15. The SMILES string of the molecule is C=CCOc1ccc2c(=O)c(-c3ccccc3OC)coc2c1. The maximum absolute atomic E-state index is 12.7. The van der Waals surface area contributed by atoms with Crippen molar-refractivity contribution in [2.75, 3.05) is 13.7 Å². The summed E-state index contributed by atoms with van der Waals surface area (Å²) >= 11 is 0. The first kappa shape index (κ1) is 14.9. The van der Waals surface area contributed by atoms with Crippen molar-refractivity contribution >= 4 is 11.0 Å². The first-order valence-electron chi connectivity index (χ1n) is 7.17. The molecule has 0 aliphatic carbocycles. The highest BCUT2D eigenvalue weighted by Crippen LogP contribution is 2.29. The van der Waals surface area contributed by atoms with Gasteiger partial charge < -0.3 is 13.9 Å². The zero-order valence-electron chi connectivity index (χ0n) is 12.7. The van der Waals surface area contributed by atoms with E-state index in [2.05, 4.69) is 6.58 Å². The van der Waals surface area contributed by atoms with Crippen LogP contribution in [-0.2, 0) is 0 Å². The van der Waals surface area contributed by atoms with E-state index in [0.717, 1.165) is 0 Å². The summed E-state index contributed by atoms with van der Waals surface area (Å²) in [5.41, 5.74) is 1.55. The third-order valence-electron chi connectivity index (χ3n) is 3.51. The normalized spacial score (nSPS) is 10.5. The second-order valence-corrected chi connectivity index (χ2v) is 4.94. The molecule has 116 valence electrons. The lowest BCUT2D eigenvalue weighted by Crippen LogP contribution is -2.06. The van der Waals surface area contributed by atoms with E-state index < -0.39 is 0 Å². The number of para-hydroxylation sites is 1. The van der Waals surface area contributed by atoms with Crippen molar-refractivity contribution in [3.8, 4) is 22.6 Å².